The highest BCUT2D eigenvalue weighted by Gasteiger charge is 2.31. The number of carbonyl (C=O) groups is 8. The number of aliphatic carboxylic acids is 1. The van der Waals surface area contributed by atoms with Crippen molar-refractivity contribution in [2.24, 2.45) is 34.0 Å². The van der Waals surface area contributed by atoms with Crippen LogP contribution in [-0.2, 0) is 38.4 Å². The minimum absolute atomic E-state index is 0.0382. The molecule has 0 unspecified atom stereocenters. The quantitative estimate of drug-likeness (QED) is 0.0226. The number of aliphatic imine (C=N–C) groups is 1. The molecule has 330 valence electrons. The van der Waals surface area contributed by atoms with Gasteiger partial charge in [0.15, 0.2) is 5.96 Å². The first-order chi connectivity index (χ1) is 27.2. The Morgan fingerprint density at radius 3 is 1.74 bits per heavy atom. The van der Waals surface area contributed by atoms with E-state index in [2.05, 4.69) is 47.5 Å². The maximum atomic E-state index is 13.3. The number of guanidine groups is 1. The van der Waals surface area contributed by atoms with Gasteiger partial charge in [-0.1, -0.05) is 27.7 Å². The molecule has 0 saturated carbocycles. The summed E-state index contributed by atoms with van der Waals surface area (Å²) in [5.74, 6) is -5.83. The molecule has 1 fully saturated rings. The summed E-state index contributed by atoms with van der Waals surface area (Å²) in [5, 5.41) is 30.6. The Bertz CT molecular complexity index is 1420. The monoisotopic (exact) mass is 825 g/mol. The minimum atomic E-state index is -1.25. The minimum Gasteiger partial charge on any atom is -0.480 e. The molecule has 0 aromatic carbocycles. The van der Waals surface area contributed by atoms with E-state index in [1.165, 1.54) is 13.8 Å². The number of unbranched alkanes of at least 4 members (excludes halogenated alkanes) is 1. The van der Waals surface area contributed by atoms with Crippen molar-refractivity contribution >= 4 is 53.3 Å². The maximum absolute atomic E-state index is 13.3. The molecule has 0 aromatic rings. The number of nitrogens with two attached hydrogens (primary N) is 3. The summed E-state index contributed by atoms with van der Waals surface area (Å²) in [5.41, 5.74) is 16.2. The Kier molecular flexibility index (Phi) is 23.5. The summed E-state index contributed by atoms with van der Waals surface area (Å²) in [4.78, 5) is 107. The van der Waals surface area contributed by atoms with E-state index >= 15 is 0 Å². The van der Waals surface area contributed by atoms with Gasteiger partial charge in [0.25, 0.3) is 0 Å². The van der Waals surface area contributed by atoms with Gasteiger partial charge in [-0.15, -0.1) is 0 Å². The highest BCUT2D eigenvalue weighted by molar-refractivity contribution is 5.96. The second-order valence-corrected chi connectivity index (χ2v) is 15.5. The predicted octanol–water partition coefficient (Wildman–Crippen LogP) is -2.84. The average molecular weight is 825 g/mol. The molecule has 0 bridgehead atoms. The number of nitrogens with zero attached hydrogens (tertiary/aromatic N) is 1. The van der Waals surface area contributed by atoms with Gasteiger partial charge < -0.3 is 64.8 Å². The van der Waals surface area contributed by atoms with E-state index in [-0.39, 0.29) is 62.0 Å². The summed E-state index contributed by atoms with van der Waals surface area (Å²) in [6.07, 6.45) is 3.49. The molecule has 1 aliphatic heterocycles. The molecule has 1 aliphatic rings. The molecule has 58 heavy (non-hydrogen) atoms. The van der Waals surface area contributed by atoms with Gasteiger partial charge in [0.2, 0.25) is 41.4 Å². The molecule has 7 amide bonds. The Labute approximate surface area is 340 Å². The SMILES string of the molecule is CC(C)C[C@H](NC(=O)CNC(=O)[C@H](CC(C)C)NC(=O)[C@@H]1CCCN1)C(=O)N[C@@H](C)C(=O)N[C@@H](C)C(=O)N[C@@H](CCCN=C(N)N)C(=O)N[C@@H](CCCCN)C(=O)O. The zero-order valence-electron chi connectivity index (χ0n) is 34.8. The van der Waals surface area contributed by atoms with Gasteiger partial charge in [0.1, 0.15) is 36.3 Å². The van der Waals surface area contributed by atoms with Crippen LogP contribution in [0.25, 0.3) is 0 Å². The number of carboxylic acids is 1. The van der Waals surface area contributed by atoms with Crippen molar-refractivity contribution in [1.29, 1.82) is 0 Å². The molecule has 1 heterocycles. The number of rotatable bonds is 27. The van der Waals surface area contributed by atoms with Gasteiger partial charge in [0.05, 0.1) is 12.6 Å². The summed E-state index contributed by atoms with van der Waals surface area (Å²) in [7, 11) is 0. The van der Waals surface area contributed by atoms with E-state index in [1.807, 2.05) is 27.7 Å². The molecular weight excluding hydrogens is 756 g/mol. The van der Waals surface area contributed by atoms with Crippen molar-refractivity contribution < 1.29 is 43.5 Å². The van der Waals surface area contributed by atoms with E-state index in [0.717, 1.165) is 6.42 Å². The number of hydrogen-bond acceptors (Lipinski definition) is 11. The Balaban J connectivity index is 2.87. The number of nitrogens with one attached hydrogen (secondary N) is 8. The van der Waals surface area contributed by atoms with Gasteiger partial charge in [-0.2, -0.15) is 0 Å². The van der Waals surface area contributed by atoms with E-state index < -0.39 is 84.2 Å². The molecule has 1 saturated heterocycles. The molecule has 15 N–H and O–H groups in total. The van der Waals surface area contributed by atoms with Crippen molar-refractivity contribution in [1.82, 2.24) is 42.5 Å². The first kappa shape index (κ1) is 51.0. The van der Waals surface area contributed by atoms with Crippen molar-refractivity contribution in [3.05, 3.63) is 0 Å². The Hall–Kier alpha value is -5.05. The molecule has 21 nitrogen and oxygen atoms in total. The first-order valence-corrected chi connectivity index (χ1v) is 20.1. The second kappa shape index (κ2) is 26.8. The largest absolute Gasteiger partial charge is 0.480 e. The van der Waals surface area contributed by atoms with Crippen LogP contribution in [0.3, 0.4) is 0 Å². The van der Waals surface area contributed by atoms with E-state index in [9.17, 15) is 43.5 Å². The van der Waals surface area contributed by atoms with Crippen LogP contribution in [0.1, 0.15) is 99.3 Å². The lowest BCUT2D eigenvalue weighted by Crippen LogP contribution is -2.58. The normalized spacial score (nSPS) is 16.7. The van der Waals surface area contributed by atoms with Gasteiger partial charge in [-0.3, -0.25) is 38.6 Å². The summed E-state index contributed by atoms with van der Waals surface area (Å²) in [6, 6.07) is -7.12. The zero-order valence-corrected chi connectivity index (χ0v) is 34.8. The van der Waals surface area contributed by atoms with Gasteiger partial charge in [-0.05, 0) is 96.6 Å². The highest BCUT2D eigenvalue weighted by Crippen LogP contribution is 2.10. The Morgan fingerprint density at radius 1 is 0.672 bits per heavy atom. The average Bonchev–Trinajstić information content (AvgIpc) is 3.69. The number of carbonyl (C=O) groups excluding carboxylic acids is 7. The molecule has 1 rings (SSSR count). The fourth-order valence-corrected chi connectivity index (χ4v) is 6.00. The van der Waals surface area contributed by atoms with Crippen LogP contribution in [0.4, 0.5) is 0 Å². The lowest BCUT2D eigenvalue weighted by molar-refractivity contribution is -0.142. The van der Waals surface area contributed by atoms with Gasteiger partial charge in [-0.25, -0.2) is 4.79 Å². The van der Waals surface area contributed by atoms with Crippen LogP contribution in [-0.4, -0.2) is 127 Å². The highest BCUT2D eigenvalue weighted by atomic mass is 16.4. The third-order valence-electron chi connectivity index (χ3n) is 9.14. The fraction of sp³-hybridized carbons (Fsp3) is 0.757. The lowest BCUT2D eigenvalue weighted by Gasteiger charge is -2.25. The van der Waals surface area contributed by atoms with E-state index in [0.29, 0.717) is 38.8 Å². The van der Waals surface area contributed by atoms with Crippen LogP contribution >= 0.6 is 0 Å². The van der Waals surface area contributed by atoms with Crippen LogP contribution in [0.2, 0.25) is 0 Å². The molecular formula is C37H68N12O9. The van der Waals surface area contributed by atoms with E-state index in [1.54, 1.807) is 0 Å². The maximum Gasteiger partial charge on any atom is 0.326 e. The molecule has 0 aromatic heterocycles. The van der Waals surface area contributed by atoms with Crippen LogP contribution in [0, 0.1) is 11.8 Å². The number of hydrogen-bond donors (Lipinski definition) is 12. The van der Waals surface area contributed by atoms with Gasteiger partial charge >= 0.3 is 5.97 Å². The molecule has 0 aliphatic carbocycles. The zero-order chi connectivity index (χ0) is 43.9. The molecule has 0 radical (unpaired) electrons. The molecule has 7 atom stereocenters. The lowest BCUT2D eigenvalue weighted by atomic mass is 10.0. The number of amides is 7. The number of carboxylic acid groups (broad SMARTS) is 1. The predicted molar refractivity (Wildman–Crippen MR) is 216 cm³/mol. The van der Waals surface area contributed by atoms with Crippen LogP contribution in [0.5, 0.6) is 0 Å². The molecule has 21 heteroatoms. The summed E-state index contributed by atoms with van der Waals surface area (Å²) < 4.78 is 0. The third kappa shape index (κ3) is 20.4. The smallest absolute Gasteiger partial charge is 0.326 e. The fourth-order valence-electron chi connectivity index (χ4n) is 6.00. The van der Waals surface area contributed by atoms with Crippen molar-refractivity contribution in [3.63, 3.8) is 0 Å². The summed E-state index contributed by atoms with van der Waals surface area (Å²) >= 11 is 0. The third-order valence-corrected chi connectivity index (χ3v) is 9.14. The topological polar surface area (TPSA) is 343 Å². The summed E-state index contributed by atoms with van der Waals surface area (Å²) in [6.45, 7) is 11.0. The standard InChI is InChI=1S/C37H68N12O9/c1-20(2)17-27(49-33(54)24-12-9-15-41-24)32(53)43-19-29(50)46-28(18-21(3)4)35(56)45-22(5)30(51)44-23(6)31(52)47-25(13-10-16-42-37(39)40)34(55)48-26(36(57)58)11-7-8-14-38/h20-28,41H,7-19,38H2,1-6H3,(H,43,53)(H,44,51)(H,45,56)(H,46,50)(H,47,52)(H,48,55)(H,49,54)(H,57,58)(H4,39,40,42)/t22-,23-,24-,25-,26-,27-,28-/m0/s1. The second-order valence-electron chi connectivity index (χ2n) is 15.5. The molecule has 0 spiro atoms. The van der Waals surface area contributed by atoms with Crippen LogP contribution < -0.4 is 59.7 Å². The van der Waals surface area contributed by atoms with E-state index in [4.69, 9.17) is 17.2 Å². The van der Waals surface area contributed by atoms with Gasteiger partial charge in [0, 0.05) is 6.54 Å². The van der Waals surface area contributed by atoms with Crippen molar-refractivity contribution in [3.8, 4) is 0 Å². The van der Waals surface area contributed by atoms with Crippen LogP contribution in [0.15, 0.2) is 4.99 Å². The van der Waals surface area contributed by atoms with Crippen molar-refractivity contribution in [2.45, 2.75) is 142 Å². The Morgan fingerprint density at radius 2 is 1.21 bits per heavy atom. The first-order valence-electron chi connectivity index (χ1n) is 20.1. The van der Waals surface area contributed by atoms with Crippen molar-refractivity contribution in [2.75, 3.05) is 26.2 Å².